The van der Waals surface area contributed by atoms with Crippen LogP contribution in [0.25, 0.3) is 5.95 Å². The van der Waals surface area contributed by atoms with Crippen LogP contribution in [0.5, 0.6) is 0 Å². The molecule has 2 aromatic rings. The highest BCUT2D eigenvalue weighted by molar-refractivity contribution is 5.92. The smallest absolute Gasteiger partial charge is 0.252 e. The van der Waals surface area contributed by atoms with Crippen molar-refractivity contribution in [3.63, 3.8) is 0 Å². The fourth-order valence-electron chi connectivity index (χ4n) is 2.50. The van der Waals surface area contributed by atoms with Gasteiger partial charge in [0.15, 0.2) is 0 Å². The molecular formula is C16H21N5O2. The lowest BCUT2D eigenvalue weighted by molar-refractivity contribution is -0.123. The Balaban J connectivity index is 1.86. The van der Waals surface area contributed by atoms with Crippen LogP contribution in [-0.4, -0.2) is 38.9 Å². The minimum absolute atomic E-state index is 0.0444. The topological polar surface area (TPSA) is 81.9 Å². The monoisotopic (exact) mass is 315 g/mol. The van der Waals surface area contributed by atoms with Crippen LogP contribution >= 0.6 is 0 Å². The van der Waals surface area contributed by atoms with Gasteiger partial charge in [0.25, 0.3) is 5.95 Å². The molecule has 23 heavy (non-hydrogen) atoms. The van der Waals surface area contributed by atoms with Crippen molar-refractivity contribution in [1.82, 2.24) is 19.7 Å². The number of carbonyl (C=O) groups excluding carboxylic acids is 1. The van der Waals surface area contributed by atoms with Crippen LogP contribution in [0, 0.1) is 5.92 Å². The van der Waals surface area contributed by atoms with E-state index in [4.69, 9.17) is 4.74 Å². The first-order valence-electron chi connectivity index (χ1n) is 7.91. The van der Waals surface area contributed by atoms with Gasteiger partial charge < -0.3 is 10.1 Å². The van der Waals surface area contributed by atoms with Gasteiger partial charge in [0, 0.05) is 25.1 Å². The molecular weight excluding hydrogens is 294 g/mol. The van der Waals surface area contributed by atoms with Gasteiger partial charge in [-0.1, -0.05) is 13.8 Å². The summed E-state index contributed by atoms with van der Waals surface area (Å²) in [5.74, 6) is 1.11. The molecule has 0 spiro atoms. The lowest BCUT2D eigenvalue weighted by atomic mass is 10.0. The Morgan fingerprint density at radius 1 is 1.39 bits per heavy atom. The molecule has 3 rings (SSSR count). The second-order valence-corrected chi connectivity index (χ2v) is 5.97. The summed E-state index contributed by atoms with van der Waals surface area (Å²) < 4.78 is 6.97. The first-order chi connectivity index (χ1) is 11.1. The molecule has 7 heteroatoms. The molecule has 1 atom stereocenters. The van der Waals surface area contributed by atoms with Gasteiger partial charge in [-0.15, -0.1) is 0 Å². The molecule has 7 nitrogen and oxygen atoms in total. The van der Waals surface area contributed by atoms with E-state index in [0.29, 0.717) is 18.4 Å². The summed E-state index contributed by atoms with van der Waals surface area (Å²) in [7, 11) is 0. The van der Waals surface area contributed by atoms with E-state index in [0.717, 1.165) is 25.1 Å². The number of rotatable bonds is 4. The maximum absolute atomic E-state index is 12.5. The van der Waals surface area contributed by atoms with Crippen molar-refractivity contribution in [3.05, 3.63) is 30.2 Å². The van der Waals surface area contributed by atoms with Crippen LogP contribution in [0.1, 0.15) is 38.3 Å². The van der Waals surface area contributed by atoms with Crippen molar-refractivity contribution in [1.29, 1.82) is 0 Å². The Hall–Kier alpha value is -2.28. The number of nitrogens with one attached hydrogen (secondary N) is 1. The molecule has 1 unspecified atom stereocenters. The minimum Gasteiger partial charge on any atom is -0.381 e. The highest BCUT2D eigenvalue weighted by atomic mass is 16.5. The lowest BCUT2D eigenvalue weighted by Gasteiger charge is -2.21. The highest BCUT2D eigenvalue weighted by Gasteiger charge is 2.24. The number of aromatic nitrogens is 4. The number of hydrogen-bond acceptors (Lipinski definition) is 5. The Labute approximate surface area is 135 Å². The molecule has 0 radical (unpaired) electrons. The summed E-state index contributed by atoms with van der Waals surface area (Å²) >= 11 is 0. The van der Waals surface area contributed by atoms with Gasteiger partial charge in [-0.25, -0.2) is 9.97 Å². The summed E-state index contributed by atoms with van der Waals surface area (Å²) in [6.45, 7) is 5.31. The van der Waals surface area contributed by atoms with Gasteiger partial charge in [0.1, 0.15) is 5.82 Å². The average molecular weight is 315 g/mol. The SMILES string of the molecule is CC(C)c1cc(NC(=O)C2CCCOC2)n(-c2ncccn2)n1. The maximum atomic E-state index is 12.5. The second-order valence-electron chi connectivity index (χ2n) is 5.97. The number of nitrogens with zero attached hydrogens (tertiary/aromatic N) is 4. The third kappa shape index (κ3) is 3.56. The van der Waals surface area contributed by atoms with Gasteiger partial charge in [-0.2, -0.15) is 9.78 Å². The van der Waals surface area contributed by atoms with E-state index < -0.39 is 0 Å². The standard InChI is InChI=1S/C16H21N5O2/c1-11(2)13-9-14(19-15(22)12-5-3-8-23-10-12)21(20-13)16-17-6-4-7-18-16/h4,6-7,9,11-12H,3,5,8,10H2,1-2H3,(H,19,22). The van der Waals surface area contributed by atoms with Gasteiger partial charge in [-0.05, 0) is 24.8 Å². The Morgan fingerprint density at radius 3 is 2.83 bits per heavy atom. The number of hydrogen-bond donors (Lipinski definition) is 1. The van der Waals surface area contributed by atoms with E-state index in [1.807, 2.05) is 6.07 Å². The third-order valence-electron chi connectivity index (χ3n) is 3.84. The molecule has 0 aliphatic carbocycles. The van der Waals surface area contributed by atoms with E-state index in [9.17, 15) is 4.79 Å². The molecule has 2 aromatic heterocycles. The van der Waals surface area contributed by atoms with Crippen molar-refractivity contribution in [2.24, 2.45) is 5.92 Å². The molecule has 1 aliphatic rings. The number of ether oxygens (including phenoxy) is 1. The van der Waals surface area contributed by atoms with Crippen molar-refractivity contribution >= 4 is 11.7 Å². The fourth-order valence-corrected chi connectivity index (χ4v) is 2.50. The molecule has 1 saturated heterocycles. The fraction of sp³-hybridized carbons (Fsp3) is 0.500. The second kappa shape index (κ2) is 6.87. The van der Waals surface area contributed by atoms with Crippen LogP contribution in [0.4, 0.5) is 5.82 Å². The first-order valence-corrected chi connectivity index (χ1v) is 7.91. The summed E-state index contributed by atoms with van der Waals surface area (Å²) in [6, 6.07) is 3.62. The first kappa shape index (κ1) is 15.6. The summed E-state index contributed by atoms with van der Waals surface area (Å²) in [5, 5.41) is 7.48. The summed E-state index contributed by atoms with van der Waals surface area (Å²) in [5.41, 5.74) is 0.882. The average Bonchev–Trinajstić information content (AvgIpc) is 3.00. The molecule has 1 N–H and O–H groups in total. The van der Waals surface area contributed by atoms with Crippen molar-refractivity contribution < 1.29 is 9.53 Å². The van der Waals surface area contributed by atoms with Crippen LogP contribution in [0.2, 0.25) is 0 Å². The van der Waals surface area contributed by atoms with Crippen LogP contribution in [0.15, 0.2) is 24.5 Å². The molecule has 3 heterocycles. The normalized spacial score (nSPS) is 18.1. The minimum atomic E-state index is -0.119. The molecule has 1 aliphatic heterocycles. The van der Waals surface area contributed by atoms with Crippen LogP contribution in [0.3, 0.4) is 0 Å². The molecule has 0 bridgehead atoms. The van der Waals surface area contributed by atoms with E-state index in [-0.39, 0.29) is 17.7 Å². The number of carbonyl (C=O) groups is 1. The Morgan fingerprint density at radius 2 is 2.17 bits per heavy atom. The van der Waals surface area contributed by atoms with Gasteiger partial charge in [-0.3, -0.25) is 4.79 Å². The molecule has 1 fully saturated rings. The van der Waals surface area contributed by atoms with E-state index in [2.05, 4.69) is 34.2 Å². The van der Waals surface area contributed by atoms with Crippen molar-refractivity contribution in [2.45, 2.75) is 32.6 Å². The van der Waals surface area contributed by atoms with E-state index in [1.54, 1.807) is 23.1 Å². The quantitative estimate of drug-likeness (QED) is 0.935. The lowest BCUT2D eigenvalue weighted by Crippen LogP contribution is -2.30. The molecule has 0 aromatic carbocycles. The zero-order valence-corrected chi connectivity index (χ0v) is 13.4. The summed E-state index contributed by atoms with van der Waals surface area (Å²) in [4.78, 5) is 20.9. The third-order valence-corrected chi connectivity index (χ3v) is 3.84. The van der Waals surface area contributed by atoms with Gasteiger partial charge in [0.2, 0.25) is 5.91 Å². The van der Waals surface area contributed by atoms with Crippen molar-refractivity contribution in [3.8, 4) is 5.95 Å². The number of anilines is 1. The van der Waals surface area contributed by atoms with Crippen LogP contribution in [-0.2, 0) is 9.53 Å². The number of amides is 1. The molecule has 122 valence electrons. The van der Waals surface area contributed by atoms with Gasteiger partial charge >= 0.3 is 0 Å². The summed E-state index contributed by atoms with van der Waals surface area (Å²) in [6.07, 6.45) is 5.06. The Kier molecular flexibility index (Phi) is 4.66. The zero-order chi connectivity index (χ0) is 16.2. The largest absolute Gasteiger partial charge is 0.381 e. The van der Waals surface area contributed by atoms with Gasteiger partial charge in [0.05, 0.1) is 18.2 Å². The molecule has 0 saturated carbocycles. The highest BCUT2D eigenvalue weighted by Crippen LogP contribution is 2.22. The Bertz CT molecular complexity index is 662. The maximum Gasteiger partial charge on any atom is 0.252 e. The van der Waals surface area contributed by atoms with E-state index in [1.165, 1.54) is 0 Å². The predicted molar refractivity (Wildman–Crippen MR) is 85.4 cm³/mol. The predicted octanol–water partition coefficient (Wildman–Crippen LogP) is 2.15. The van der Waals surface area contributed by atoms with Crippen molar-refractivity contribution in [2.75, 3.05) is 18.5 Å². The zero-order valence-electron chi connectivity index (χ0n) is 13.4. The van der Waals surface area contributed by atoms with Crippen LogP contribution < -0.4 is 5.32 Å². The van der Waals surface area contributed by atoms with E-state index >= 15 is 0 Å². The molecule has 1 amide bonds.